The van der Waals surface area contributed by atoms with Gasteiger partial charge in [-0.25, -0.2) is 8.78 Å². The van der Waals surface area contributed by atoms with E-state index in [9.17, 15) is 8.78 Å². The smallest absolute Gasteiger partial charge is 0.128 e. The number of hydrogen-bond donors (Lipinski definition) is 1. The van der Waals surface area contributed by atoms with Gasteiger partial charge in [-0.3, -0.25) is 0 Å². The molecule has 0 saturated carbocycles. The molecule has 1 aliphatic carbocycles. The van der Waals surface area contributed by atoms with Crippen molar-refractivity contribution >= 4 is 0 Å². The van der Waals surface area contributed by atoms with Gasteiger partial charge in [0.05, 0.1) is 5.54 Å². The van der Waals surface area contributed by atoms with Crippen LogP contribution in [0.2, 0.25) is 0 Å². The minimum atomic E-state index is -1.04. The Balaban J connectivity index is 2.07. The molecule has 0 fully saturated rings. The van der Waals surface area contributed by atoms with Gasteiger partial charge in [-0.15, -0.1) is 0 Å². The van der Waals surface area contributed by atoms with Crippen molar-refractivity contribution in [2.75, 3.05) is 0 Å². The van der Waals surface area contributed by atoms with Gasteiger partial charge >= 0.3 is 0 Å². The zero-order chi connectivity index (χ0) is 15.0. The minimum absolute atomic E-state index is 0.193. The predicted octanol–water partition coefficient (Wildman–Crippen LogP) is 4.07. The van der Waals surface area contributed by atoms with Gasteiger partial charge in [-0.2, -0.15) is 0 Å². The average molecular weight is 287 g/mol. The standard InChI is InChI=1S/C18H19F2N/c1-18(21,16-11-15(19)8-9-17(16)20)14-7-6-12-4-2-3-5-13(12)10-14/h6-11H,2-5,21H2,1H3. The Labute approximate surface area is 123 Å². The van der Waals surface area contributed by atoms with Crippen LogP contribution in [-0.4, -0.2) is 0 Å². The largest absolute Gasteiger partial charge is 0.318 e. The van der Waals surface area contributed by atoms with Crippen molar-refractivity contribution in [2.24, 2.45) is 5.73 Å². The van der Waals surface area contributed by atoms with Crippen LogP contribution in [0.5, 0.6) is 0 Å². The number of rotatable bonds is 2. The molecule has 0 aromatic heterocycles. The molecule has 21 heavy (non-hydrogen) atoms. The summed E-state index contributed by atoms with van der Waals surface area (Å²) in [5.41, 5.74) is 8.96. The molecule has 0 bridgehead atoms. The second kappa shape index (κ2) is 5.23. The van der Waals surface area contributed by atoms with Crippen LogP contribution in [0.1, 0.15) is 42.0 Å². The lowest BCUT2D eigenvalue weighted by Gasteiger charge is -2.28. The van der Waals surface area contributed by atoms with Crippen LogP contribution in [0.15, 0.2) is 36.4 Å². The minimum Gasteiger partial charge on any atom is -0.318 e. The summed E-state index contributed by atoms with van der Waals surface area (Å²) in [4.78, 5) is 0. The van der Waals surface area contributed by atoms with E-state index in [0.29, 0.717) is 0 Å². The van der Waals surface area contributed by atoms with Crippen molar-refractivity contribution in [1.29, 1.82) is 0 Å². The third-order valence-electron chi connectivity index (χ3n) is 4.44. The molecular weight excluding hydrogens is 268 g/mol. The zero-order valence-electron chi connectivity index (χ0n) is 12.1. The number of hydrogen-bond acceptors (Lipinski definition) is 1. The summed E-state index contributed by atoms with van der Waals surface area (Å²) in [6.45, 7) is 1.73. The molecule has 110 valence electrons. The molecule has 0 saturated heterocycles. The Kier molecular flexibility index (Phi) is 3.54. The first-order valence-electron chi connectivity index (χ1n) is 7.35. The summed E-state index contributed by atoms with van der Waals surface area (Å²) in [6, 6.07) is 9.50. The SMILES string of the molecule is CC(N)(c1ccc2c(c1)CCCC2)c1cc(F)ccc1F. The molecule has 0 radical (unpaired) electrons. The maximum absolute atomic E-state index is 14.0. The van der Waals surface area contributed by atoms with Crippen molar-refractivity contribution in [3.05, 3.63) is 70.3 Å². The predicted molar refractivity (Wildman–Crippen MR) is 80.1 cm³/mol. The van der Waals surface area contributed by atoms with Crippen LogP contribution in [0, 0.1) is 11.6 Å². The molecule has 1 nitrogen and oxygen atoms in total. The molecule has 0 amide bonds. The van der Waals surface area contributed by atoms with E-state index in [-0.39, 0.29) is 5.56 Å². The summed E-state index contributed by atoms with van der Waals surface area (Å²) >= 11 is 0. The molecule has 0 aliphatic heterocycles. The molecule has 2 N–H and O–H groups in total. The van der Waals surface area contributed by atoms with Crippen LogP contribution in [-0.2, 0) is 18.4 Å². The summed E-state index contributed by atoms with van der Waals surface area (Å²) in [7, 11) is 0. The Hall–Kier alpha value is -1.74. The first-order valence-corrected chi connectivity index (χ1v) is 7.35. The Morgan fingerprint density at radius 2 is 1.67 bits per heavy atom. The van der Waals surface area contributed by atoms with E-state index in [0.717, 1.165) is 30.5 Å². The maximum Gasteiger partial charge on any atom is 0.128 e. The fraction of sp³-hybridized carbons (Fsp3) is 0.333. The molecule has 1 atom stereocenters. The molecule has 2 aromatic carbocycles. The third kappa shape index (κ3) is 2.58. The summed E-state index contributed by atoms with van der Waals surface area (Å²) < 4.78 is 27.5. The highest BCUT2D eigenvalue weighted by molar-refractivity contribution is 5.43. The number of halogens is 2. The van der Waals surface area contributed by atoms with Crippen molar-refractivity contribution in [3.8, 4) is 0 Å². The molecule has 0 heterocycles. The van der Waals surface area contributed by atoms with Crippen molar-refractivity contribution < 1.29 is 8.78 Å². The molecule has 2 aromatic rings. The molecule has 0 spiro atoms. The van der Waals surface area contributed by atoms with Gasteiger partial charge in [0.1, 0.15) is 11.6 Å². The Bertz CT molecular complexity index is 677. The van der Waals surface area contributed by atoms with Crippen molar-refractivity contribution in [1.82, 2.24) is 0 Å². The van der Waals surface area contributed by atoms with Crippen molar-refractivity contribution in [3.63, 3.8) is 0 Å². The van der Waals surface area contributed by atoms with Gasteiger partial charge in [0.15, 0.2) is 0 Å². The van der Waals surface area contributed by atoms with Crippen LogP contribution >= 0.6 is 0 Å². The highest BCUT2D eigenvalue weighted by Gasteiger charge is 2.28. The van der Waals surface area contributed by atoms with E-state index in [1.54, 1.807) is 6.92 Å². The van der Waals surface area contributed by atoms with E-state index in [2.05, 4.69) is 12.1 Å². The van der Waals surface area contributed by atoms with E-state index in [1.807, 2.05) is 6.07 Å². The van der Waals surface area contributed by atoms with Crippen LogP contribution in [0.3, 0.4) is 0 Å². The molecule has 3 rings (SSSR count). The number of nitrogens with two attached hydrogens (primary N) is 1. The Morgan fingerprint density at radius 1 is 0.952 bits per heavy atom. The fourth-order valence-corrected chi connectivity index (χ4v) is 3.11. The van der Waals surface area contributed by atoms with Gasteiger partial charge < -0.3 is 5.73 Å². The molecule has 1 aliphatic rings. The number of aryl methyl sites for hydroxylation is 2. The molecule has 1 unspecified atom stereocenters. The first kappa shape index (κ1) is 14.2. The van der Waals surface area contributed by atoms with Gasteiger partial charge in [0, 0.05) is 5.56 Å². The normalized spacial score (nSPS) is 17.1. The molecular formula is C18H19F2N. The Morgan fingerprint density at radius 3 is 2.43 bits per heavy atom. The summed E-state index contributed by atoms with van der Waals surface area (Å²) in [5, 5.41) is 0. The highest BCUT2D eigenvalue weighted by Crippen LogP contribution is 2.32. The van der Waals surface area contributed by atoms with Crippen LogP contribution in [0.25, 0.3) is 0 Å². The monoisotopic (exact) mass is 287 g/mol. The lowest BCUT2D eigenvalue weighted by Crippen LogP contribution is -2.35. The fourth-order valence-electron chi connectivity index (χ4n) is 3.11. The van der Waals surface area contributed by atoms with Gasteiger partial charge in [0.2, 0.25) is 0 Å². The number of fused-ring (bicyclic) bond motifs is 1. The van der Waals surface area contributed by atoms with Gasteiger partial charge in [-0.1, -0.05) is 18.2 Å². The van der Waals surface area contributed by atoms with E-state index < -0.39 is 17.2 Å². The zero-order valence-corrected chi connectivity index (χ0v) is 12.1. The van der Waals surface area contributed by atoms with Crippen molar-refractivity contribution in [2.45, 2.75) is 38.1 Å². The topological polar surface area (TPSA) is 26.0 Å². The number of benzene rings is 2. The van der Waals surface area contributed by atoms with E-state index >= 15 is 0 Å². The second-order valence-corrected chi connectivity index (χ2v) is 6.02. The summed E-state index contributed by atoms with van der Waals surface area (Å²) in [5.74, 6) is -0.944. The summed E-state index contributed by atoms with van der Waals surface area (Å²) in [6.07, 6.45) is 4.51. The quantitative estimate of drug-likeness (QED) is 0.885. The average Bonchev–Trinajstić information content (AvgIpc) is 2.49. The third-order valence-corrected chi connectivity index (χ3v) is 4.44. The van der Waals surface area contributed by atoms with Gasteiger partial charge in [-0.05, 0) is 67.5 Å². The van der Waals surface area contributed by atoms with Crippen LogP contribution in [0.4, 0.5) is 8.78 Å². The highest BCUT2D eigenvalue weighted by atomic mass is 19.1. The van der Waals surface area contributed by atoms with E-state index in [4.69, 9.17) is 5.73 Å². The van der Waals surface area contributed by atoms with E-state index in [1.165, 1.54) is 30.0 Å². The van der Waals surface area contributed by atoms with Gasteiger partial charge in [0.25, 0.3) is 0 Å². The molecule has 3 heteroatoms. The lowest BCUT2D eigenvalue weighted by atomic mass is 9.81. The maximum atomic E-state index is 14.0. The van der Waals surface area contributed by atoms with Crippen LogP contribution < -0.4 is 5.73 Å². The second-order valence-electron chi connectivity index (χ2n) is 6.02. The first-order chi connectivity index (χ1) is 9.98. The lowest BCUT2D eigenvalue weighted by molar-refractivity contribution is 0.517.